The summed E-state index contributed by atoms with van der Waals surface area (Å²) in [7, 11) is 0. The van der Waals surface area contributed by atoms with Crippen LogP contribution >= 0.6 is 27.7 Å². The molecule has 0 radical (unpaired) electrons. The van der Waals surface area contributed by atoms with Gasteiger partial charge in [0.05, 0.1) is 12.7 Å². The van der Waals surface area contributed by atoms with Crippen molar-refractivity contribution in [3.63, 3.8) is 0 Å². The van der Waals surface area contributed by atoms with Crippen molar-refractivity contribution in [1.82, 2.24) is 0 Å². The summed E-state index contributed by atoms with van der Waals surface area (Å²) in [5, 5.41) is 17.9. The first-order chi connectivity index (χ1) is 7.17. The van der Waals surface area contributed by atoms with Crippen molar-refractivity contribution in [2.75, 3.05) is 12.4 Å². The summed E-state index contributed by atoms with van der Waals surface area (Å²) < 4.78 is 0.995. The van der Waals surface area contributed by atoms with Crippen molar-refractivity contribution < 1.29 is 10.2 Å². The van der Waals surface area contributed by atoms with Crippen LogP contribution < -0.4 is 5.73 Å². The molecule has 1 rings (SSSR count). The Labute approximate surface area is 102 Å². The van der Waals surface area contributed by atoms with Crippen LogP contribution in [0, 0.1) is 0 Å². The zero-order valence-corrected chi connectivity index (χ0v) is 10.6. The molecule has 0 spiro atoms. The van der Waals surface area contributed by atoms with Gasteiger partial charge in [0.2, 0.25) is 0 Å². The van der Waals surface area contributed by atoms with Crippen LogP contribution in [0.2, 0.25) is 0 Å². The summed E-state index contributed by atoms with van der Waals surface area (Å²) in [4.78, 5) is 1.05. The van der Waals surface area contributed by atoms with E-state index in [2.05, 4.69) is 15.9 Å². The maximum atomic E-state index is 9.23. The summed E-state index contributed by atoms with van der Waals surface area (Å²) in [6, 6.07) is 5.86. The van der Waals surface area contributed by atoms with Gasteiger partial charge in [-0.2, -0.15) is 0 Å². The second kappa shape index (κ2) is 6.50. The molecule has 84 valence electrons. The maximum Gasteiger partial charge on any atom is 0.0864 e. The average Bonchev–Trinajstić information content (AvgIpc) is 2.26. The Kier molecular flexibility index (Phi) is 5.63. The lowest BCUT2D eigenvalue weighted by atomic mass is 10.2. The fourth-order valence-electron chi connectivity index (χ4n) is 1.09. The van der Waals surface area contributed by atoms with Crippen LogP contribution in [0.1, 0.15) is 5.56 Å². The molecule has 0 aromatic heterocycles. The van der Waals surface area contributed by atoms with Gasteiger partial charge in [-0.1, -0.05) is 15.9 Å². The predicted octanol–water partition coefficient (Wildman–Crippen LogP) is 1.35. The van der Waals surface area contributed by atoms with Gasteiger partial charge in [-0.3, -0.25) is 0 Å². The third-order valence-corrected chi connectivity index (χ3v) is 3.64. The number of hydrogen-bond donors (Lipinski definition) is 3. The molecule has 0 aliphatic carbocycles. The lowest BCUT2D eigenvalue weighted by Crippen LogP contribution is -2.14. The summed E-state index contributed by atoms with van der Waals surface area (Å²) in [5.41, 5.74) is 6.65. The van der Waals surface area contributed by atoms with E-state index in [0.717, 1.165) is 14.9 Å². The SMILES string of the molecule is NCc1cc(Br)ccc1SCC(O)CO. The summed E-state index contributed by atoms with van der Waals surface area (Å²) >= 11 is 4.88. The highest BCUT2D eigenvalue weighted by Crippen LogP contribution is 2.26. The van der Waals surface area contributed by atoms with Gasteiger partial charge >= 0.3 is 0 Å². The third-order valence-electron chi connectivity index (χ3n) is 1.88. The summed E-state index contributed by atoms with van der Waals surface area (Å²) in [5.74, 6) is 0.477. The van der Waals surface area contributed by atoms with Gasteiger partial charge in [0.25, 0.3) is 0 Å². The Morgan fingerprint density at radius 2 is 2.20 bits per heavy atom. The zero-order valence-electron chi connectivity index (χ0n) is 8.19. The first-order valence-electron chi connectivity index (χ1n) is 4.57. The van der Waals surface area contributed by atoms with E-state index in [1.807, 2.05) is 18.2 Å². The lowest BCUT2D eigenvalue weighted by Gasteiger charge is -2.10. The molecule has 0 saturated heterocycles. The van der Waals surface area contributed by atoms with Gasteiger partial charge in [-0.15, -0.1) is 11.8 Å². The average molecular weight is 292 g/mol. The first-order valence-corrected chi connectivity index (χ1v) is 6.35. The minimum atomic E-state index is -0.677. The van der Waals surface area contributed by atoms with Crippen LogP contribution in [0.25, 0.3) is 0 Å². The van der Waals surface area contributed by atoms with Gasteiger partial charge in [-0.25, -0.2) is 0 Å². The highest BCUT2D eigenvalue weighted by Gasteiger charge is 2.06. The largest absolute Gasteiger partial charge is 0.394 e. The van der Waals surface area contributed by atoms with Crippen LogP contribution in [0.15, 0.2) is 27.6 Å². The maximum absolute atomic E-state index is 9.23. The molecule has 3 nitrogen and oxygen atoms in total. The van der Waals surface area contributed by atoms with Gasteiger partial charge in [-0.05, 0) is 23.8 Å². The van der Waals surface area contributed by atoms with E-state index in [1.165, 1.54) is 11.8 Å². The molecule has 1 atom stereocenters. The molecule has 1 aromatic carbocycles. The van der Waals surface area contributed by atoms with Crippen LogP contribution in [0.4, 0.5) is 0 Å². The minimum absolute atomic E-state index is 0.207. The van der Waals surface area contributed by atoms with E-state index in [-0.39, 0.29) is 6.61 Å². The molecular weight excluding hydrogens is 278 g/mol. The van der Waals surface area contributed by atoms with Crippen molar-refractivity contribution in [3.8, 4) is 0 Å². The van der Waals surface area contributed by atoms with Crippen molar-refractivity contribution in [1.29, 1.82) is 0 Å². The van der Waals surface area contributed by atoms with Crippen LogP contribution in [0.5, 0.6) is 0 Å². The number of benzene rings is 1. The Hall–Kier alpha value is -0.0700. The second-order valence-corrected chi connectivity index (χ2v) is 5.08. The Bertz CT molecular complexity index is 322. The standard InChI is InChI=1S/C10H14BrNO2S/c11-8-1-2-10(7(3-8)4-12)15-6-9(14)5-13/h1-3,9,13-14H,4-6,12H2. The molecule has 1 aromatic rings. The molecule has 0 aliphatic rings. The number of aliphatic hydroxyl groups is 2. The van der Waals surface area contributed by atoms with E-state index in [9.17, 15) is 5.11 Å². The Balaban J connectivity index is 2.67. The van der Waals surface area contributed by atoms with Crippen molar-refractivity contribution in [2.24, 2.45) is 5.73 Å². The molecule has 0 aliphatic heterocycles. The summed E-state index contributed by atoms with van der Waals surface area (Å²) in [6.45, 7) is 0.262. The first kappa shape index (κ1) is 13.0. The van der Waals surface area contributed by atoms with E-state index < -0.39 is 6.10 Å². The monoisotopic (exact) mass is 291 g/mol. The fourth-order valence-corrected chi connectivity index (χ4v) is 2.46. The summed E-state index contributed by atoms with van der Waals surface area (Å²) in [6.07, 6.45) is -0.677. The number of thioether (sulfide) groups is 1. The Morgan fingerprint density at radius 3 is 2.80 bits per heavy atom. The Morgan fingerprint density at radius 1 is 1.47 bits per heavy atom. The molecule has 0 bridgehead atoms. The van der Waals surface area contributed by atoms with Gasteiger partial charge in [0.15, 0.2) is 0 Å². The highest BCUT2D eigenvalue weighted by atomic mass is 79.9. The van der Waals surface area contributed by atoms with Gasteiger partial charge in [0.1, 0.15) is 0 Å². The molecule has 0 heterocycles. The van der Waals surface area contributed by atoms with Crippen LogP contribution in [-0.4, -0.2) is 28.7 Å². The molecule has 0 amide bonds. The fraction of sp³-hybridized carbons (Fsp3) is 0.400. The number of aliphatic hydroxyl groups excluding tert-OH is 2. The van der Waals surface area contributed by atoms with E-state index in [4.69, 9.17) is 10.8 Å². The van der Waals surface area contributed by atoms with Crippen molar-refractivity contribution >= 4 is 27.7 Å². The molecule has 0 saturated carbocycles. The second-order valence-electron chi connectivity index (χ2n) is 3.10. The topological polar surface area (TPSA) is 66.5 Å². The molecule has 4 N–H and O–H groups in total. The predicted molar refractivity (Wildman–Crippen MR) is 65.9 cm³/mol. The number of halogens is 1. The van der Waals surface area contributed by atoms with E-state index in [1.54, 1.807) is 0 Å². The van der Waals surface area contributed by atoms with E-state index >= 15 is 0 Å². The molecule has 5 heteroatoms. The van der Waals surface area contributed by atoms with Gasteiger partial charge < -0.3 is 15.9 Å². The number of rotatable bonds is 5. The lowest BCUT2D eigenvalue weighted by molar-refractivity contribution is 0.113. The molecular formula is C10H14BrNO2S. The molecule has 15 heavy (non-hydrogen) atoms. The van der Waals surface area contributed by atoms with Crippen LogP contribution in [0.3, 0.4) is 0 Å². The smallest absolute Gasteiger partial charge is 0.0864 e. The van der Waals surface area contributed by atoms with Gasteiger partial charge in [0, 0.05) is 21.7 Å². The molecule has 1 unspecified atom stereocenters. The zero-order chi connectivity index (χ0) is 11.3. The normalized spacial score (nSPS) is 12.8. The van der Waals surface area contributed by atoms with Crippen molar-refractivity contribution in [3.05, 3.63) is 28.2 Å². The van der Waals surface area contributed by atoms with E-state index in [0.29, 0.717) is 12.3 Å². The highest BCUT2D eigenvalue weighted by molar-refractivity contribution is 9.10. The quantitative estimate of drug-likeness (QED) is 0.717. The number of nitrogens with two attached hydrogens (primary N) is 1. The van der Waals surface area contributed by atoms with Crippen LogP contribution in [-0.2, 0) is 6.54 Å². The van der Waals surface area contributed by atoms with Crippen molar-refractivity contribution in [2.45, 2.75) is 17.5 Å². The minimum Gasteiger partial charge on any atom is -0.394 e. The number of hydrogen-bond acceptors (Lipinski definition) is 4. The molecule has 0 fully saturated rings. The third kappa shape index (κ3) is 4.12.